The first-order valence-electron chi connectivity index (χ1n) is 4.88. The maximum absolute atomic E-state index is 13.9. The van der Waals surface area contributed by atoms with Crippen molar-refractivity contribution in [1.29, 1.82) is 0 Å². The van der Waals surface area contributed by atoms with E-state index in [4.69, 9.17) is 0 Å². The molecular weight excluding hydrogens is 438 g/mol. The maximum Gasteiger partial charge on any atom is 0.0792 e. The summed E-state index contributed by atoms with van der Waals surface area (Å²) in [6, 6.07) is 4.96. The molecule has 0 N–H and O–H groups in total. The van der Waals surface area contributed by atoms with Gasteiger partial charge in [-0.25, -0.2) is 4.39 Å². The second-order valence-corrected chi connectivity index (χ2v) is 5.39. The van der Waals surface area contributed by atoms with Gasteiger partial charge in [-0.2, -0.15) is 12.2 Å². The van der Waals surface area contributed by atoms with Gasteiger partial charge in [0.2, 0.25) is 0 Å². The molecule has 0 spiro atoms. The van der Waals surface area contributed by atoms with Crippen LogP contribution >= 0.6 is 31.9 Å². The van der Waals surface area contributed by atoms with Crippen LogP contribution in [0.15, 0.2) is 45.5 Å². The third kappa shape index (κ3) is 3.21. The van der Waals surface area contributed by atoms with E-state index in [0.717, 1.165) is 10.2 Å². The fraction of sp³-hybridized carbons (Fsp3) is 0.0769. The molecule has 0 aromatic heterocycles. The van der Waals surface area contributed by atoms with Gasteiger partial charge in [-0.1, -0.05) is 44.3 Å². The van der Waals surface area contributed by atoms with Crippen LogP contribution in [0.5, 0.6) is 0 Å². The minimum Gasteiger partial charge on any atom is -0.377 e. The van der Waals surface area contributed by atoms with Crippen LogP contribution in [0, 0.1) is 11.9 Å². The van der Waals surface area contributed by atoms with Gasteiger partial charge in [0.25, 0.3) is 0 Å². The first kappa shape index (κ1) is 16.3. The average molecular weight is 447 g/mol. The van der Waals surface area contributed by atoms with E-state index in [2.05, 4.69) is 44.5 Å². The molecule has 0 bridgehead atoms. The molecule has 91 valence electrons. The van der Waals surface area contributed by atoms with Gasteiger partial charge in [-0.15, -0.1) is 22.0 Å². The Bertz CT molecular complexity index is 552. The van der Waals surface area contributed by atoms with Gasteiger partial charge in [-0.05, 0) is 11.8 Å². The molecule has 0 unspecified atom stereocenters. The first-order valence-corrected chi connectivity index (χ1v) is 6.47. The zero-order valence-electron chi connectivity index (χ0n) is 9.67. The molecule has 1 aliphatic rings. The summed E-state index contributed by atoms with van der Waals surface area (Å²) in [5.74, 6) is -0.284. The number of benzene rings is 1. The van der Waals surface area contributed by atoms with Crippen molar-refractivity contribution in [2.45, 2.75) is 0 Å². The summed E-state index contributed by atoms with van der Waals surface area (Å²) in [6.45, 7) is 3.92. The van der Waals surface area contributed by atoms with E-state index in [9.17, 15) is 4.39 Å². The number of nitrogens with zero attached hydrogens (tertiary/aromatic N) is 1. The summed E-state index contributed by atoms with van der Waals surface area (Å²) < 4.78 is 15.4. The van der Waals surface area contributed by atoms with E-state index in [0.29, 0.717) is 15.7 Å². The van der Waals surface area contributed by atoms with E-state index in [-0.39, 0.29) is 38.5 Å². The van der Waals surface area contributed by atoms with Gasteiger partial charge in [0.05, 0.1) is 5.82 Å². The topological polar surface area (TPSA) is 3.24 Å². The van der Waals surface area contributed by atoms with Crippen LogP contribution < -0.4 is 0 Å². The maximum atomic E-state index is 13.9. The summed E-state index contributed by atoms with van der Waals surface area (Å²) in [6.07, 6.45) is 4.79. The Hall–Kier alpha value is 0.234. The molecule has 0 atom stereocenters. The summed E-state index contributed by atoms with van der Waals surface area (Å²) in [4.78, 5) is 1.80. The molecule has 1 aliphatic heterocycles. The Balaban J connectivity index is 0.00000162. The Morgan fingerprint density at radius 1 is 1.33 bits per heavy atom. The molecule has 1 aromatic rings. The van der Waals surface area contributed by atoms with E-state index < -0.39 is 0 Å². The number of likely N-dealkylation sites (N-methyl/N-ethyl adjacent to an activating group) is 1. The smallest absolute Gasteiger partial charge is 0.0792 e. The number of allylic oxidation sites excluding steroid dienone is 3. The number of hydrogen-bond acceptors (Lipinski definition) is 1. The van der Waals surface area contributed by atoms with Crippen molar-refractivity contribution in [2.24, 2.45) is 0 Å². The summed E-state index contributed by atoms with van der Waals surface area (Å²) >= 11 is 6.60. The normalized spacial score (nSPS) is 14.9. The third-order valence-electron chi connectivity index (χ3n) is 2.54. The Labute approximate surface area is 148 Å². The van der Waals surface area contributed by atoms with Crippen molar-refractivity contribution in [3.05, 3.63) is 63.0 Å². The van der Waals surface area contributed by atoms with E-state index in [1.807, 2.05) is 7.05 Å². The van der Waals surface area contributed by atoms with Crippen molar-refractivity contribution in [2.75, 3.05) is 7.05 Å². The van der Waals surface area contributed by atoms with Crippen LogP contribution in [0.3, 0.4) is 0 Å². The molecular formula is C13H9Br2FNY-. The van der Waals surface area contributed by atoms with Crippen LogP contribution in [0.4, 0.5) is 4.39 Å². The fourth-order valence-corrected chi connectivity index (χ4v) is 2.26. The van der Waals surface area contributed by atoms with Crippen molar-refractivity contribution in [3.8, 4) is 0 Å². The molecule has 1 nitrogen and oxygen atoms in total. The molecule has 0 saturated heterocycles. The fourth-order valence-electron chi connectivity index (χ4n) is 1.55. The first-order chi connectivity index (χ1) is 8.00. The quantitative estimate of drug-likeness (QED) is 0.575. The van der Waals surface area contributed by atoms with Crippen LogP contribution in [0.2, 0.25) is 0 Å². The minimum atomic E-state index is -0.284. The van der Waals surface area contributed by atoms with Crippen molar-refractivity contribution in [3.63, 3.8) is 0 Å². The van der Waals surface area contributed by atoms with E-state index >= 15 is 0 Å². The van der Waals surface area contributed by atoms with Crippen molar-refractivity contribution < 1.29 is 37.1 Å². The molecule has 0 fully saturated rings. The summed E-state index contributed by atoms with van der Waals surface area (Å²) in [5, 5.41) is 0. The van der Waals surface area contributed by atoms with Gasteiger partial charge < -0.3 is 4.90 Å². The molecule has 0 amide bonds. The molecule has 0 aliphatic carbocycles. The number of hydrogen-bond donors (Lipinski definition) is 0. The predicted octanol–water partition coefficient (Wildman–Crippen LogP) is 4.47. The largest absolute Gasteiger partial charge is 0.377 e. The van der Waals surface area contributed by atoms with Crippen molar-refractivity contribution >= 4 is 37.6 Å². The average Bonchev–Trinajstić information content (AvgIpc) is 2.28. The molecule has 1 aromatic carbocycles. The standard InChI is InChI=1S/C13H9Br2FN.Y/c1-8-11(15)5-6-13(17(8)2)10-4-3-9(14)7-12(10)16;/h3-5,7H,1H2,2H3;/q-1;. The van der Waals surface area contributed by atoms with Gasteiger partial charge in [0.15, 0.2) is 0 Å². The van der Waals surface area contributed by atoms with Crippen LogP contribution in [-0.4, -0.2) is 11.9 Å². The van der Waals surface area contributed by atoms with Crippen LogP contribution in [0.1, 0.15) is 5.56 Å². The van der Waals surface area contributed by atoms with Gasteiger partial charge in [0.1, 0.15) is 0 Å². The minimum absolute atomic E-state index is 0. The molecule has 2 rings (SSSR count). The van der Waals surface area contributed by atoms with Crippen molar-refractivity contribution in [1.82, 2.24) is 4.90 Å². The molecule has 5 heteroatoms. The molecule has 18 heavy (non-hydrogen) atoms. The Morgan fingerprint density at radius 2 is 2.00 bits per heavy atom. The summed E-state index contributed by atoms with van der Waals surface area (Å²) in [5.41, 5.74) is 1.96. The zero-order valence-corrected chi connectivity index (χ0v) is 15.7. The van der Waals surface area contributed by atoms with Gasteiger partial charge in [0, 0.05) is 44.2 Å². The van der Waals surface area contributed by atoms with Crippen LogP contribution in [0.25, 0.3) is 5.70 Å². The SMILES string of the molecule is C=C1C(Br)=C[C-]=C(c2ccc(Br)cc2F)N1C.[Y]. The number of rotatable bonds is 1. The second-order valence-electron chi connectivity index (χ2n) is 3.62. The predicted molar refractivity (Wildman–Crippen MR) is 74.7 cm³/mol. The summed E-state index contributed by atoms with van der Waals surface area (Å²) in [7, 11) is 1.83. The molecule has 1 radical (unpaired) electrons. The Morgan fingerprint density at radius 3 is 2.61 bits per heavy atom. The van der Waals surface area contributed by atoms with Gasteiger partial charge in [-0.3, -0.25) is 0 Å². The monoisotopic (exact) mass is 445 g/mol. The second kappa shape index (κ2) is 6.60. The third-order valence-corrected chi connectivity index (χ3v) is 3.72. The Kier molecular flexibility index (Phi) is 5.97. The number of halogens is 3. The van der Waals surface area contributed by atoms with E-state index in [1.54, 1.807) is 23.1 Å². The zero-order chi connectivity index (χ0) is 12.6. The molecule has 1 heterocycles. The van der Waals surface area contributed by atoms with Gasteiger partial charge >= 0.3 is 0 Å². The van der Waals surface area contributed by atoms with Crippen LogP contribution in [-0.2, 0) is 32.7 Å². The van der Waals surface area contributed by atoms with E-state index in [1.165, 1.54) is 6.07 Å². The molecule has 0 saturated carbocycles.